The van der Waals surface area contributed by atoms with Crippen LogP contribution in [-0.2, 0) is 11.3 Å². The number of halogens is 3. The lowest BCUT2D eigenvalue weighted by Crippen LogP contribution is -2.29. The van der Waals surface area contributed by atoms with Crippen molar-refractivity contribution in [2.45, 2.75) is 25.8 Å². The van der Waals surface area contributed by atoms with Crippen molar-refractivity contribution in [2.24, 2.45) is 0 Å². The van der Waals surface area contributed by atoms with Gasteiger partial charge in [0.2, 0.25) is 5.91 Å². The summed E-state index contributed by atoms with van der Waals surface area (Å²) in [6, 6.07) is 12.4. The summed E-state index contributed by atoms with van der Waals surface area (Å²) >= 11 is 6.72. The molecule has 0 fully saturated rings. The highest BCUT2D eigenvalue weighted by atomic mass is 79.9. The normalized spacial score (nSPS) is 12.0. The highest BCUT2D eigenvalue weighted by Crippen LogP contribution is 2.23. The lowest BCUT2D eigenvalue weighted by atomic mass is 9.95. The summed E-state index contributed by atoms with van der Waals surface area (Å²) in [5.74, 6) is -0.660. The highest BCUT2D eigenvalue weighted by Gasteiger charge is 2.19. The molecule has 0 aliphatic heterocycles. The van der Waals surface area contributed by atoms with E-state index in [0.717, 1.165) is 14.5 Å². The first-order chi connectivity index (χ1) is 10.5. The van der Waals surface area contributed by atoms with E-state index in [9.17, 15) is 9.18 Å². The van der Waals surface area contributed by atoms with Gasteiger partial charge in [-0.15, -0.1) is 0 Å². The second kappa shape index (κ2) is 7.88. The molecule has 2 aromatic carbocycles. The van der Waals surface area contributed by atoms with Crippen molar-refractivity contribution in [3.8, 4) is 0 Å². The van der Waals surface area contributed by atoms with Crippen LogP contribution < -0.4 is 5.32 Å². The largest absolute Gasteiger partial charge is 0.351 e. The number of nitrogens with one attached hydrogen (secondary N) is 1. The third kappa shape index (κ3) is 4.40. The smallest absolute Gasteiger partial charge is 0.227 e. The topological polar surface area (TPSA) is 29.1 Å². The molecule has 2 nitrogen and oxygen atoms in total. The third-order valence-electron chi connectivity index (χ3n) is 3.44. The number of benzene rings is 2. The molecule has 2 aromatic rings. The quantitative estimate of drug-likeness (QED) is 0.699. The van der Waals surface area contributed by atoms with Gasteiger partial charge in [0.05, 0.1) is 5.92 Å². The van der Waals surface area contributed by atoms with Gasteiger partial charge in [-0.1, -0.05) is 50.9 Å². The molecule has 2 rings (SSSR count). The molecule has 0 aliphatic rings. The average molecular weight is 429 g/mol. The number of carbonyl (C=O) groups is 1. The van der Waals surface area contributed by atoms with Gasteiger partial charge < -0.3 is 5.32 Å². The van der Waals surface area contributed by atoms with Gasteiger partial charge in [0.1, 0.15) is 5.82 Å². The Labute approximate surface area is 146 Å². The molecule has 116 valence electrons. The predicted octanol–water partition coefficient (Wildman–Crippen LogP) is 5.16. The maximum absolute atomic E-state index is 13.7. The lowest BCUT2D eigenvalue weighted by Gasteiger charge is -2.16. The van der Waals surface area contributed by atoms with Crippen LogP contribution in [-0.4, -0.2) is 5.91 Å². The van der Waals surface area contributed by atoms with Crippen molar-refractivity contribution in [3.05, 3.63) is 68.4 Å². The molecule has 1 N–H and O–H groups in total. The molecule has 0 bridgehead atoms. The summed E-state index contributed by atoms with van der Waals surface area (Å²) in [6.07, 6.45) is 0.684. The molecule has 5 heteroatoms. The SMILES string of the molecule is CC[C@H](C(=O)NCc1cc(Br)ccc1F)c1cccc(Br)c1. The van der Waals surface area contributed by atoms with Gasteiger partial charge in [-0.05, 0) is 42.3 Å². The Kier molecular flexibility index (Phi) is 6.15. The Hall–Kier alpha value is -1.20. The van der Waals surface area contributed by atoms with Crippen molar-refractivity contribution >= 4 is 37.8 Å². The number of hydrogen-bond acceptors (Lipinski definition) is 1. The van der Waals surface area contributed by atoms with Crippen LogP contribution in [0.25, 0.3) is 0 Å². The fourth-order valence-electron chi connectivity index (χ4n) is 2.28. The minimum absolute atomic E-state index is 0.0972. The summed E-state index contributed by atoms with van der Waals surface area (Å²) in [7, 11) is 0. The van der Waals surface area contributed by atoms with E-state index in [1.54, 1.807) is 12.1 Å². The molecule has 0 saturated carbocycles. The third-order valence-corrected chi connectivity index (χ3v) is 4.42. The Morgan fingerprint density at radius 2 is 1.91 bits per heavy atom. The Balaban J connectivity index is 2.08. The number of carbonyl (C=O) groups excluding carboxylic acids is 1. The van der Waals surface area contributed by atoms with Crippen molar-refractivity contribution < 1.29 is 9.18 Å². The zero-order chi connectivity index (χ0) is 16.1. The summed E-state index contributed by atoms with van der Waals surface area (Å²) in [4.78, 5) is 12.4. The molecular weight excluding hydrogens is 413 g/mol. The Morgan fingerprint density at radius 1 is 1.18 bits per heavy atom. The predicted molar refractivity (Wildman–Crippen MR) is 93.1 cm³/mol. The van der Waals surface area contributed by atoms with E-state index >= 15 is 0 Å². The van der Waals surface area contributed by atoms with Gasteiger partial charge in [0.15, 0.2) is 0 Å². The Bertz CT molecular complexity index is 675. The maximum atomic E-state index is 13.7. The van der Waals surface area contributed by atoms with Crippen molar-refractivity contribution in [1.82, 2.24) is 5.32 Å². The number of rotatable bonds is 5. The molecular formula is C17H16Br2FNO. The first-order valence-corrected chi connectivity index (χ1v) is 8.57. The van der Waals surface area contributed by atoms with Gasteiger partial charge in [-0.25, -0.2) is 4.39 Å². The second-order valence-electron chi connectivity index (χ2n) is 4.97. The summed E-state index contributed by atoms with van der Waals surface area (Å²) in [5, 5.41) is 2.82. The lowest BCUT2D eigenvalue weighted by molar-refractivity contribution is -0.122. The molecule has 0 unspecified atom stereocenters. The molecule has 0 radical (unpaired) electrons. The summed E-state index contributed by atoms with van der Waals surface area (Å²) in [6.45, 7) is 2.14. The van der Waals surface area contributed by atoms with E-state index in [2.05, 4.69) is 37.2 Å². The van der Waals surface area contributed by atoms with E-state index in [1.807, 2.05) is 31.2 Å². The Morgan fingerprint density at radius 3 is 2.59 bits per heavy atom. The van der Waals surface area contributed by atoms with Gasteiger partial charge in [-0.2, -0.15) is 0 Å². The molecule has 1 amide bonds. The van der Waals surface area contributed by atoms with Crippen molar-refractivity contribution in [1.29, 1.82) is 0 Å². The molecule has 0 spiro atoms. The van der Waals surface area contributed by atoms with Crippen LogP contribution in [0.5, 0.6) is 0 Å². The minimum Gasteiger partial charge on any atom is -0.351 e. The molecule has 0 aliphatic carbocycles. The van der Waals surface area contributed by atoms with E-state index in [-0.39, 0.29) is 24.2 Å². The first kappa shape index (κ1) is 17.2. The highest BCUT2D eigenvalue weighted by molar-refractivity contribution is 9.10. The molecule has 0 saturated heterocycles. The van der Waals surface area contributed by atoms with Gasteiger partial charge in [-0.3, -0.25) is 4.79 Å². The monoisotopic (exact) mass is 427 g/mol. The van der Waals surface area contributed by atoms with E-state index in [0.29, 0.717) is 12.0 Å². The molecule has 0 heterocycles. The van der Waals surface area contributed by atoms with Gasteiger partial charge in [0.25, 0.3) is 0 Å². The van der Waals surface area contributed by atoms with Crippen LogP contribution in [0.2, 0.25) is 0 Å². The van der Waals surface area contributed by atoms with Gasteiger partial charge >= 0.3 is 0 Å². The van der Waals surface area contributed by atoms with E-state index < -0.39 is 0 Å². The van der Waals surface area contributed by atoms with Gasteiger partial charge in [0, 0.05) is 21.1 Å². The standard InChI is InChI=1S/C17H16Br2FNO/c1-2-15(11-4-3-5-13(18)8-11)17(22)21-10-12-9-14(19)6-7-16(12)20/h3-9,15H,2,10H2,1H3,(H,21,22)/t15-/m0/s1. The first-order valence-electron chi connectivity index (χ1n) is 6.98. The maximum Gasteiger partial charge on any atom is 0.227 e. The molecule has 1 atom stereocenters. The zero-order valence-corrected chi connectivity index (χ0v) is 15.2. The van der Waals surface area contributed by atoms with Crippen LogP contribution in [0.15, 0.2) is 51.4 Å². The zero-order valence-electron chi connectivity index (χ0n) is 12.1. The van der Waals surface area contributed by atoms with Crippen LogP contribution >= 0.6 is 31.9 Å². The van der Waals surface area contributed by atoms with Crippen LogP contribution in [0.3, 0.4) is 0 Å². The molecule has 0 aromatic heterocycles. The van der Waals surface area contributed by atoms with Crippen LogP contribution in [0.1, 0.15) is 30.4 Å². The number of amides is 1. The molecule has 22 heavy (non-hydrogen) atoms. The van der Waals surface area contributed by atoms with Crippen molar-refractivity contribution in [2.75, 3.05) is 0 Å². The van der Waals surface area contributed by atoms with Crippen molar-refractivity contribution in [3.63, 3.8) is 0 Å². The number of hydrogen-bond donors (Lipinski definition) is 1. The van der Waals surface area contributed by atoms with Crippen LogP contribution in [0.4, 0.5) is 4.39 Å². The fraction of sp³-hybridized carbons (Fsp3) is 0.235. The van der Waals surface area contributed by atoms with E-state index in [1.165, 1.54) is 6.07 Å². The van der Waals surface area contributed by atoms with E-state index in [4.69, 9.17) is 0 Å². The van der Waals surface area contributed by atoms with Crippen LogP contribution in [0, 0.1) is 5.82 Å². The minimum atomic E-state index is -0.320. The average Bonchev–Trinajstić information content (AvgIpc) is 2.49. The second-order valence-corrected chi connectivity index (χ2v) is 6.80. The summed E-state index contributed by atoms with van der Waals surface area (Å²) in [5.41, 5.74) is 1.41. The summed E-state index contributed by atoms with van der Waals surface area (Å²) < 4.78 is 15.4. The fourth-order valence-corrected chi connectivity index (χ4v) is 3.11.